The van der Waals surface area contributed by atoms with E-state index in [2.05, 4.69) is 10.6 Å². The highest BCUT2D eigenvalue weighted by Gasteiger charge is 1.95. The van der Waals surface area contributed by atoms with Gasteiger partial charge in [-0.3, -0.25) is 10.8 Å². The Kier molecular flexibility index (Phi) is 2.55. The topological polar surface area (TPSA) is 71.8 Å². The summed E-state index contributed by atoms with van der Waals surface area (Å²) in [6.45, 7) is 1.25. The van der Waals surface area contributed by atoms with Crippen LogP contribution < -0.4 is 10.6 Å². The third-order valence-corrected chi connectivity index (χ3v) is 1.50. The van der Waals surface area contributed by atoms with Gasteiger partial charge in [-0.2, -0.15) is 0 Å². The largest absolute Gasteiger partial charge is 0.356 e. The first kappa shape index (κ1) is 6.61. The van der Waals surface area contributed by atoms with E-state index in [-0.39, 0.29) is 36.0 Å². The highest BCUT2D eigenvalue weighted by atomic mass is 15.1. The Morgan fingerprint density at radius 3 is 3.07 bits per heavy atom. The fraction of sp³-hybridized carbons (Fsp3) is 0.273. The van der Waals surface area contributed by atoms with E-state index >= 15 is 0 Å². The van der Waals surface area contributed by atoms with Crippen LogP contribution in [0.4, 0.5) is 0 Å². The summed E-state index contributed by atoms with van der Waals surface area (Å²) < 4.78 is 30.9. The van der Waals surface area contributed by atoms with Crippen LogP contribution in [-0.4, -0.2) is 18.3 Å². The molecular weight excluding hydrogens is 188 g/mol. The van der Waals surface area contributed by atoms with E-state index in [1.165, 1.54) is 25.1 Å². The molecule has 0 unspecified atom stereocenters. The molecule has 0 spiro atoms. The van der Waals surface area contributed by atoms with Gasteiger partial charge in [-0.05, 0) is 18.9 Å². The first-order chi connectivity index (χ1) is 8.72. The van der Waals surface area contributed by atoms with E-state index < -0.39 is 6.37 Å². The summed E-state index contributed by atoms with van der Waals surface area (Å²) in [5.74, 6) is -0.0997. The fourth-order valence-corrected chi connectivity index (χ4v) is 0.914. The molecule has 4 N–H and O–H groups in total. The van der Waals surface area contributed by atoms with Crippen LogP contribution in [0.2, 0.25) is 0 Å². The maximum atomic E-state index is 7.90. The Morgan fingerprint density at radius 1 is 1.53 bits per heavy atom. The molecule has 4 heteroatoms. The maximum absolute atomic E-state index is 7.90. The Labute approximate surface area is 95.3 Å². The normalized spacial score (nSPS) is 14.2. The molecule has 0 heterocycles. The molecule has 0 aliphatic carbocycles. The van der Waals surface area contributed by atoms with E-state index in [1.807, 2.05) is 0 Å². The number of amidine groups is 1. The summed E-state index contributed by atoms with van der Waals surface area (Å²) >= 11 is 0. The van der Waals surface area contributed by atoms with Crippen LogP contribution in [-0.2, 0) is 6.37 Å². The number of hydrogen-bond donors (Lipinski definition) is 4. The molecule has 1 rings (SSSR count). The molecule has 0 amide bonds. The van der Waals surface area contributed by atoms with Gasteiger partial charge in [0.25, 0.3) is 0 Å². The minimum absolute atomic E-state index is 0.0190. The first-order valence-corrected chi connectivity index (χ1v) is 4.45. The second-order valence-corrected chi connectivity index (χ2v) is 2.86. The SMILES string of the molecule is [2H]c1ccc([2H])c(C([2H])([2H])CNC(=N)NC(C)=N)c1. The zero-order valence-electron chi connectivity index (χ0n) is 12.4. The molecule has 1 aromatic rings. The lowest BCUT2D eigenvalue weighted by molar-refractivity contribution is 0.842. The number of rotatable bonds is 3. The van der Waals surface area contributed by atoms with Crippen LogP contribution in [0.25, 0.3) is 0 Å². The van der Waals surface area contributed by atoms with Gasteiger partial charge in [-0.25, -0.2) is 0 Å². The quantitative estimate of drug-likeness (QED) is 0.447. The van der Waals surface area contributed by atoms with Gasteiger partial charge in [0.2, 0.25) is 0 Å². The van der Waals surface area contributed by atoms with Crippen LogP contribution in [0.5, 0.6) is 0 Å². The molecule has 0 aliphatic rings. The lowest BCUT2D eigenvalue weighted by Crippen LogP contribution is -2.39. The number of benzene rings is 1. The predicted molar refractivity (Wildman–Crippen MR) is 62.4 cm³/mol. The van der Waals surface area contributed by atoms with Crippen molar-refractivity contribution in [2.24, 2.45) is 0 Å². The van der Waals surface area contributed by atoms with Crippen LogP contribution in [0.1, 0.15) is 18.0 Å². The van der Waals surface area contributed by atoms with E-state index in [1.54, 1.807) is 0 Å². The van der Waals surface area contributed by atoms with Gasteiger partial charge in [0, 0.05) is 9.29 Å². The Morgan fingerprint density at radius 2 is 2.33 bits per heavy atom. The van der Waals surface area contributed by atoms with Gasteiger partial charge in [0.05, 0.1) is 8.58 Å². The van der Waals surface area contributed by atoms with E-state index in [4.69, 9.17) is 16.3 Å². The lowest BCUT2D eigenvalue weighted by Gasteiger charge is -2.08. The van der Waals surface area contributed by atoms with Gasteiger partial charge >= 0.3 is 0 Å². The summed E-state index contributed by atoms with van der Waals surface area (Å²) in [7, 11) is 0. The van der Waals surface area contributed by atoms with Gasteiger partial charge in [0.15, 0.2) is 5.96 Å². The molecule has 0 fully saturated rings. The smallest absolute Gasteiger partial charge is 0.193 e. The molecule has 0 saturated heterocycles. The average Bonchev–Trinajstić information content (AvgIpc) is 2.29. The van der Waals surface area contributed by atoms with Crippen molar-refractivity contribution in [2.75, 3.05) is 6.54 Å². The van der Waals surface area contributed by atoms with Gasteiger partial charge < -0.3 is 10.6 Å². The predicted octanol–water partition coefficient (Wildman–Crippen LogP) is 1.34. The Balaban J connectivity index is 2.78. The molecule has 80 valence electrons. The van der Waals surface area contributed by atoms with Crippen LogP contribution in [0.3, 0.4) is 0 Å². The molecule has 0 aliphatic heterocycles. The first-order valence-electron chi connectivity index (χ1n) is 6.45. The fourth-order valence-electron chi connectivity index (χ4n) is 0.914. The molecule has 0 radical (unpaired) electrons. The third-order valence-electron chi connectivity index (χ3n) is 1.50. The standard InChI is InChI=1S/C11H16N4/c1-9(12)15-11(13)14-8-7-10-5-3-2-4-6-10/h2-6H,7-8H2,1H3,(H4,12,13,14,15)/i3D,6D,7D2. The van der Waals surface area contributed by atoms with Gasteiger partial charge in [-0.1, -0.05) is 30.3 Å². The zero-order chi connectivity index (χ0) is 14.6. The number of hydrogen-bond acceptors (Lipinski definition) is 2. The van der Waals surface area contributed by atoms with Crippen LogP contribution in [0.15, 0.2) is 30.3 Å². The molecule has 15 heavy (non-hydrogen) atoms. The summed E-state index contributed by atoms with van der Waals surface area (Å²) in [5, 5.41) is 19.5. The van der Waals surface area contributed by atoms with E-state index in [0.29, 0.717) is 0 Å². The minimum atomic E-state index is -1.88. The van der Waals surface area contributed by atoms with E-state index in [9.17, 15) is 0 Å². The Hall–Kier alpha value is -1.84. The summed E-state index contributed by atoms with van der Waals surface area (Å²) in [4.78, 5) is 0. The molecule has 0 saturated carbocycles. The summed E-state index contributed by atoms with van der Waals surface area (Å²) in [6.07, 6.45) is -1.88. The maximum Gasteiger partial charge on any atom is 0.193 e. The van der Waals surface area contributed by atoms with Crippen LogP contribution >= 0.6 is 0 Å². The minimum Gasteiger partial charge on any atom is -0.356 e. The van der Waals surface area contributed by atoms with Crippen molar-refractivity contribution < 1.29 is 5.48 Å². The van der Waals surface area contributed by atoms with Crippen molar-refractivity contribution in [1.29, 1.82) is 10.8 Å². The van der Waals surface area contributed by atoms with Crippen molar-refractivity contribution in [2.45, 2.75) is 13.3 Å². The van der Waals surface area contributed by atoms with Gasteiger partial charge in [-0.15, -0.1) is 0 Å². The highest BCUT2D eigenvalue weighted by Crippen LogP contribution is 1.97. The van der Waals surface area contributed by atoms with E-state index in [0.717, 1.165) is 0 Å². The summed E-state index contributed by atoms with van der Waals surface area (Å²) in [5.41, 5.74) is 0.104. The lowest BCUT2D eigenvalue weighted by atomic mass is 10.1. The summed E-state index contributed by atoms with van der Waals surface area (Å²) in [6, 6.07) is 4.27. The van der Waals surface area contributed by atoms with Crippen LogP contribution in [0, 0.1) is 10.8 Å². The molecule has 1 aromatic carbocycles. The second kappa shape index (κ2) is 5.80. The Bertz CT molecular complexity index is 501. The number of nitrogens with one attached hydrogen (secondary N) is 4. The number of guanidine groups is 1. The van der Waals surface area contributed by atoms with Crippen molar-refractivity contribution >= 4 is 11.8 Å². The highest BCUT2D eigenvalue weighted by molar-refractivity contribution is 5.95. The van der Waals surface area contributed by atoms with Crippen molar-refractivity contribution in [3.05, 3.63) is 35.8 Å². The molecule has 0 bridgehead atoms. The van der Waals surface area contributed by atoms with Crippen molar-refractivity contribution in [3.8, 4) is 0 Å². The van der Waals surface area contributed by atoms with Crippen molar-refractivity contribution in [3.63, 3.8) is 0 Å². The van der Waals surface area contributed by atoms with Crippen molar-refractivity contribution in [1.82, 2.24) is 10.6 Å². The van der Waals surface area contributed by atoms with Gasteiger partial charge in [0.1, 0.15) is 0 Å². The average molecular weight is 208 g/mol. The third kappa shape index (κ3) is 4.81. The monoisotopic (exact) mass is 208 g/mol. The molecular formula is C11H16N4. The molecule has 0 aromatic heterocycles. The second-order valence-electron chi connectivity index (χ2n) is 2.86. The molecule has 0 atom stereocenters. The molecule has 4 nitrogen and oxygen atoms in total. The zero-order valence-corrected chi connectivity index (χ0v) is 8.44.